The summed E-state index contributed by atoms with van der Waals surface area (Å²) < 4.78 is 7.55. The van der Waals surface area contributed by atoms with E-state index in [4.69, 9.17) is 4.74 Å². The minimum Gasteiger partial charge on any atom is -0.480 e. The van der Waals surface area contributed by atoms with Gasteiger partial charge in [-0.15, -0.1) is 0 Å². The lowest BCUT2D eigenvalue weighted by atomic mass is 10.2. The van der Waals surface area contributed by atoms with E-state index >= 15 is 0 Å². The molecule has 0 fully saturated rings. The second-order valence-electron chi connectivity index (χ2n) is 4.55. The van der Waals surface area contributed by atoms with Crippen LogP contribution in [0.1, 0.15) is 23.9 Å². The summed E-state index contributed by atoms with van der Waals surface area (Å²) in [5, 5.41) is 3.39. The summed E-state index contributed by atoms with van der Waals surface area (Å²) >= 11 is 0. The Morgan fingerprint density at radius 2 is 2.16 bits per heavy atom. The maximum Gasteiger partial charge on any atom is 0.237 e. The minimum absolute atomic E-state index is 0.631. The first kappa shape index (κ1) is 13.5. The van der Waals surface area contributed by atoms with Gasteiger partial charge in [-0.1, -0.05) is 0 Å². The highest BCUT2D eigenvalue weighted by Gasteiger charge is 2.08. The molecule has 0 spiro atoms. The van der Waals surface area contributed by atoms with Crippen LogP contribution in [0.3, 0.4) is 0 Å². The summed E-state index contributed by atoms with van der Waals surface area (Å²) in [5.41, 5.74) is 4.85. The quantitative estimate of drug-likeness (QED) is 0.896. The summed E-state index contributed by atoms with van der Waals surface area (Å²) in [6.45, 7) is 8.26. The normalized spacial score (nSPS) is 10.5. The molecule has 4 heteroatoms. The molecule has 0 saturated heterocycles. The Kier molecular flexibility index (Phi) is 4.10. The Balaban J connectivity index is 2.15. The zero-order valence-electron chi connectivity index (χ0n) is 12.0. The third-order valence-corrected chi connectivity index (χ3v) is 3.43. The number of rotatable bonds is 5. The average Bonchev–Trinajstić information content (AvgIpc) is 2.71. The molecule has 0 aromatic carbocycles. The van der Waals surface area contributed by atoms with E-state index in [1.54, 1.807) is 13.3 Å². The van der Waals surface area contributed by atoms with Gasteiger partial charge in [0.05, 0.1) is 12.8 Å². The van der Waals surface area contributed by atoms with Gasteiger partial charge in [0.2, 0.25) is 5.88 Å². The molecule has 2 aromatic rings. The number of hydrogen-bond donors (Lipinski definition) is 1. The van der Waals surface area contributed by atoms with Crippen molar-refractivity contribution in [1.82, 2.24) is 9.55 Å². The molecule has 0 aliphatic carbocycles. The number of pyridine rings is 1. The molecule has 2 heterocycles. The van der Waals surface area contributed by atoms with Crippen molar-refractivity contribution in [2.75, 3.05) is 12.4 Å². The highest BCUT2D eigenvalue weighted by atomic mass is 16.5. The minimum atomic E-state index is 0.631. The molecular weight excluding hydrogens is 238 g/mol. The zero-order chi connectivity index (χ0) is 13.8. The van der Waals surface area contributed by atoms with Crippen molar-refractivity contribution in [2.24, 2.45) is 0 Å². The van der Waals surface area contributed by atoms with Crippen LogP contribution in [-0.4, -0.2) is 16.7 Å². The Morgan fingerprint density at radius 3 is 2.79 bits per heavy atom. The fourth-order valence-electron chi connectivity index (χ4n) is 2.42. The highest BCUT2D eigenvalue weighted by molar-refractivity contribution is 5.52. The van der Waals surface area contributed by atoms with Crippen LogP contribution in [-0.2, 0) is 13.1 Å². The van der Waals surface area contributed by atoms with Gasteiger partial charge in [-0.2, -0.15) is 0 Å². The molecule has 0 saturated carbocycles. The van der Waals surface area contributed by atoms with E-state index in [0.717, 1.165) is 18.8 Å². The van der Waals surface area contributed by atoms with E-state index in [2.05, 4.69) is 41.7 Å². The first-order valence-electron chi connectivity index (χ1n) is 6.55. The van der Waals surface area contributed by atoms with Crippen LogP contribution >= 0.6 is 0 Å². The molecule has 1 N–H and O–H groups in total. The van der Waals surface area contributed by atoms with Gasteiger partial charge in [0.1, 0.15) is 0 Å². The van der Waals surface area contributed by atoms with E-state index in [1.165, 1.54) is 17.0 Å². The summed E-state index contributed by atoms with van der Waals surface area (Å²) in [5.74, 6) is 0.631. The Morgan fingerprint density at radius 1 is 1.37 bits per heavy atom. The van der Waals surface area contributed by atoms with E-state index in [9.17, 15) is 0 Å². The molecular formula is C15H21N3O. The van der Waals surface area contributed by atoms with Crippen LogP contribution in [0.5, 0.6) is 5.88 Å². The van der Waals surface area contributed by atoms with Crippen molar-refractivity contribution in [2.45, 2.75) is 33.9 Å². The summed E-state index contributed by atoms with van der Waals surface area (Å²) in [4.78, 5) is 4.18. The Hall–Kier alpha value is -1.97. The van der Waals surface area contributed by atoms with Gasteiger partial charge in [-0.3, -0.25) is 0 Å². The van der Waals surface area contributed by atoms with Crippen LogP contribution < -0.4 is 10.1 Å². The van der Waals surface area contributed by atoms with Crippen LogP contribution in [0.4, 0.5) is 5.69 Å². The number of nitrogens with one attached hydrogen (secondary N) is 1. The van der Waals surface area contributed by atoms with Gasteiger partial charge in [0.25, 0.3) is 0 Å². The van der Waals surface area contributed by atoms with E-state index in [1.807, 2.05) is 12.1 Å². The summed E-state index contributed by atoms with van der Waals surface area (Å²) in [6, 6.07) is 6.11. The molecule has 0 aliphatic heterocycles. The number of nitrogens with zero attached hydrogens (tertiary/aromatic N) is 2. The van der Waals surface area contributed by atoms with Gasteiger partial charge < -0.3 is 14.6 Å². The number of methoxy groups -OCH3 is 1. The number of ether oxygens (including phenoxy) is 1. The molecule has 0 atom stereocenters. The van der Waals surface area contributed by atoms with Gasteiger partial charge in [-0.25, -0.2) is 4.98 Å². The highest BCUT2D eigenvalue weighted by Crippen LogP contribution is 2.22. The van der Waals surface area contributed by atoms with E-state index in [0.29, 0.717) is 5.88 Å². The predicted molar refractivity (Wildman–Crippen MR) is 77.7 cm³/mol. The molecule has 2 aromatic heterocycles. The molecule has 0 bridgehead atoms. The fourth-order valence-corrected chi connectivity index (χ4v) is 2.42. The van der Waals surface area contributed by atoms with E-state index in [-0.39, 0.29) is 0 Å². The maximum atomic E-state index is 5.24. The summed E-state index contributed by atoms with van der Waals surface area (Å²) in [7, 11) is 1.64. The molecule has 102 valence electrons. The number of aryl methyl sites for hydroxylation is 1. The second kappa shape index (κ2) is 5.78. The summed E-state index contributed by atoms with van der Waals surface area (Å²) in [6.07, 6.45) is 1.73. The van der Waals surface area contributed by atoms with E-state index < -0.39 is 0 Å². The predicted octanol–water partition coefficient (Wildman–Crippen LogP) is 3.14. The molecule has 2 rings (SSSR count). The monoisotopic (exact) mass is 259 g/mol. The van der Waals surface area contributed by atoms with Crippen molar-refractivity contribution in [3.05, 3.63) is 41.3 Å². The lowest BCUT2D eigenvalue weighted by Crippen LogP contribution is -2.04. The van der Waals surface area contributed by atoms with Crippen molar-refractivity contribution in [3.63, 3.8) is 0 Å². The average molecular weight is 259 g/mol. The lowest BCUT2D eigenvalue weighted by molar-refractivity contribution is 0.399. The van der Waals surface area contributed by atoms with Gasteiger partial charge in [0.15, 0.2) is 0 Å². The Bertz CT molecular complexity index is 561. The van der Waals surface area contributed by atoms with Gasteiger partial charge >= 0.3 is 0 Å². The molecule has 0 unspecified atom stereocenters. The molecule has 0 amide bonds. The van der Waals surface area contributed by atoms with Crippen LogP contribution in [0.15, 0.2) is 24.4 Å². The number of aromatic nitrogens is 2. The molecule has 0 radical (unpaired) electrons. The Labute approximate surface area is 114 Å². The largest absolute Gasteiger partial charge is 0.480 e. The van der Waals surface area contributed by atoms with Gasteiger partial charge in [0, 0.05) is 30.7 Å². The standard InChI is InChI=1S/C15H21N3O/c1-5-18-11(2)9-13(12(18)3)10-17-14-7-6-8-16-15(14)19-4/h6-9,17H,5,10H2,1-4H3. The molecule has 4 nitrogen and oxygen atoms in total. The lowest BCUT2D eigenvalue weighted by Gasteiger charge is -2.10. The van der Waals surface area contributed by atoms with Crippen molar-refractivity contribution in [3.8, 4) is 5.88 Å². The first-order valence-corrected chi connectivity index (χ1v) is 6.55. The van der Waals surface area contributed by atoms with Gasteiger partial charge in [-0.05, 0) is 44.5 Å². The fraction of sp³-hybridized carbons (Fsp3) is 0.400. The second-order valence-corrected chi connectivity index (χ2v) is 4.55. The smallest absolute Gasteiger partial charge is 0.237 e. The van der Waals surface area contributed by atoms with Crippen LogP contribution in [0.25, 0.3) is 0 Å². The van der Waals surface area contributed by atoms with Crippen LogP contribution in [0.2, 0.25) is 0 Å². The van der Waals surface area contributed by atoms with Crippen molar-refractivity contribution >= 4 is 5.69 Å². The van der Waals surface area contributed by atoms with Crippen molar-refractivity contribution in [1.29, 1.82) is 0 Å². The molecule has 0 aliphatic rings. The molecule has 19 heavy (non-hydrogen) atoms. The number of anilines is 1. The zero-order valence-corrected chi connectivity index (χ0v) is 12.0. The number of hydrogen-bond acceptors (Lipinski definition) is 3. The third-order valence-electron chi connectivity index (χ3n) is 3.43. The van der Waals surface area contributed by atoms with Crippen molar-refractivity contribution < 1.29 is 4.74 Å². The maximum absolute atomic E-state index is 5.24. The first-order chi connectivity index (χ1) is 9.17. The van der Waals surface area contributed by atoms with Crippen LogP contribution in [0, 0.1) is 13.8 Å². The third kappa shape index (κ3) is 2.72. The SMILES string of the molecule is CCn1c(C)cc(CNc2cccnc2OC)c1C. The topological polar surface area (TPSA) is 39.1 Å².